The maximum absolute atomic E-state index is 8.96. The van der Waals surface area contributed by atoms with Gasteiger partial charge in [-0.15, -0.1) is 0 Å². The highest BCUT2D eigenvalue weighted by Gasteiger charge is 2.14. The molecule has 2 aromatic rings. The van der Waals surface area contributed by atoms with Gasteiger partial charge in [0.15, 0.2) is 5.69 Å². The van der Waals surface area contributed by atoms with E-state index in [1.807, 2.05) is 7.05 Å². The first kappa shape index (κ1) is 12.8. The van der Waals surface area contributed by atoms with Crippen LogP contribution in [0, 0.1) is 11.3 Å². The van der Waals surface area contributed by atoms with Crippen LogP contribution in [0.15, 0.2) is 28.7 Å². The van der Waals surface area contributed by atoms with E-state index in [4.69, 9.17) is 5.26 Å². The zero-order chi connectivity index (χ0) is 13.1. The number of rotatable bonds is 3. The highest BCUT2D eigenvalue weighted by molar-refractivity contribution is 9.10. The normalized spacial score (nSPS) is 10.3. The van der Waals surface area contributed by atoms with Gasteiger partial charge >= 0.3 is 0 Å². The minimum Gasteiger partial charge on any atom is -0.265 e. The zero-order valence-corrected chi connectivity index (χ0v) is 12.0. The molecule has 1 heterocycles. The van der Waals surface area contributed by atoms with Crippen LogP contribution in [-0.2, 0) is 13.5 Å². The Morgan fingerprint density at radius 3 is 2.50 bits per heavy atom. The fraction of sp³-hybridized carbons (Fsp3) is 0.286. The predicted molar refractivity (Wildman–Crippen MR) is 75.1 cm³/mol. The van der Waals surface area contributed by atoms with Crippen molar-refractivity contribution >= 4 is 15.9 Å². The summed E-state index contributed by atoms with van der Waals surface area (Å²) < 4.78 is 2.49. The van der Waals surface area contributed by atoms with Gasteiger partial charge in [-0.3, -0.25) is 4.68 Å². The molecule has 2 rings (SSSR count). The third kappa shape index (κ3) is 2.32. The molecule has 0 radical (unpaired) electrons. The van der Waals surface area contributed by atoms with Crippen molar-refractivity contribution in [3.8, 4) is 17.3 Å². The highest BCUT2D eigenvalue weighted by Crippen LogP contribution is 2.30. The van der Waals surface area contributed by atoms with Crippen LogP contribution in [0.25, 0.3) is 11.3 Å². The third-order valence-electron chi connectivity index (χ3n) is 2.86. The van der Waals surface area contributed by atoms with Crippen LogP contribution >= 0.6 is 15.9 Å². The van der Waals surface area contributed by atoms with E-state index in [2.05, 4.69) is 58.3 Å². The lowest BCUT2D eigenvalue weighted by Crippen LogP contribution is -1.94. The molecule has 92 valence electrons. The van der Waals surface area contributed by atoms with Crippen LogP contribution in [0.2, 0.25) is 0 Å². The van der Waals surface area contributed by atoms with E-state index in [-0.39, 0.29) is 0 Å². The summed E-state index contributed by atoms with van der Waals surface area (Å²) in [7, 11) is 1.85. The topological polar surface area (TPSA) is 41.6 Å². The number of nitrogens with zero attached hydrogens (tertiary/aromatic N) is 3. The van der Waals surface area contributed by atoms with Crippen molar-refractivity contribution in [3.05, 3.63) is 40.0 Å². The molecule has 0 unspecified atom stereocenters. The van der Waals surface area contributed by atoms with Gasteiger partial charge in [0.25, 0.3) is 0 Å². The molecule has 0 spiro atoms. The molecule has 1 aromatic heterocycles. The molecular formula is C14H14BrN3. The molecule has 0 bridgehead atoms. The average molecular weight is 304 g/mol. The summed E-state index contributed by atoms with van der Waals surface area (Å²) in [5.41, 5.74) is 3.76. The number of hydrogen-bond acceptors (Lipinski definition) is 2. The maximum atomic E-state index is 8.96. The van der Waals surface area contributed by atoms with Gasteiger partial charge in [0.2, 0.25) is 0 Å². The lowest BCUT2D eigenvalue weighted by Gasteiger charge is -2.04. The molecule has 0 aliphatic carbocycles. The van der Waals surface area contributed by atoms with Gasteiger partial charge in [0.05, 0.1) is 10.2 Å². The molecule has 4 heteroatoms. The van der Waals surface area contributed by atoms with E-state index >= 15 is 0 Å². The first-order valence-corrected chi connectivity index (χ1v) is 6.68. The predicted octanol–water partition coefficient (Wildman–Crippen LogP) is 3.67. The van der Waals surface area contributed by atoms with Crippen LogP contribution in [0.5, 0.6) is 0 Å². The maximum Gasteiger partial charge on any atom is 0.177 e. The van der Waals surface area contributed by atoms with Gasteiger partial charge < -0.3 is 0 Å². The standard InChI is InChI=1S/C14H14BrN3/c1-3-4-10-5-7-11(8-6-10)14-13(15)12(9-16)17-18(14)2/h5-8H,3-4H2,1-2H3. The molecule has 0 saturated carbocycles. The number of halogens is 1. The van der Waals surface area contributed by atoms with E-state index in [0.29, 0.717) is 5.69 Å². The minimum atomic E-state index is 0.421. The second-order valence-corrected chi connectivity index (χ2v) is 4.99. The number of hydrogen-bond donors (Lipinski definition) is 0. The zero-order valence-electron chi connectivity index (χ0n) is 10.4. The van der Waals surface area contributed by atoms with Crippen LogP contribution in [0.1, 0.15) is 24.6 Å². The summed E-state index contributed by atoms with van der Waals surface area (Å²) in [6, 6.07) is 10.5. The number of aryl methyl sites for hydroxylation is 2. The van der Waals surface area contributed by atoms with Gasteiger partial charge in [-0.25, -0.2) is 0 Å². The molecule has 1 aromatic carbocycles. The lowest BCUT2D eigenvalue weighted by atomic mass is 10.1. The van der Waals surface area contributed by atoms with Crippen molar-refractivity contribution in [3.63, 3.8) is 0 Å². The molecule has 0 saturated heterocycles. The second kappa shape index (κ2) is 5.36. The van der Waals surface area contributed by atoms with Crippen LogP contribution < -0.4 is 0 Å². The Balaban J connectivity index is 2.43. The summed E-state index contributed by atoms with van der Waals surface area (Å²) in [6.07, 6.45) is 2.24. The van der Waals surface area contributed by atoms with Crippen molar-refractivity contribution in [2.75, 3.05) is 0 Å². The van der Waals surface area contributed by atoms with E-state index in [0.717, 1.165) is 28.6 Å². The third-order valence-corrected chi connectivity index (χ3v) is 3.61. The van der Waals surface area contributed by atoms with Crippen LogP contribution in [0.3, 0.4) is 0 Å². The number of aromatic nitrogens is 2. The Morgan fingerprint density at radius 1 is 1.33 bits per heavy atom. The molecular weight excluding hydrogens is 290 g/mol. The van der Waals surface area contributed by atoms with E-state index < -0.39 is 0 Å². The first-order chi connectivity index (χ1) is 8.67. The monoisotopic (exact) mass is 303 g/mol. The van der Waals surface area contributed by atoms with Crippen molar-refractivity contribution in [2.45, 2.75) is 19.8 Å². The van der Waals surface area contributed by atoms with Crippen LogP contribution in [0.4, 0.5) is 0 Å². The molecule has 0 aliphatic heterocycles. The van der Waals surface area contributed by atoms with Crippen molar-refractivity contribution in [2.24, 2.45) is 7.05 Å². The molecule has 0 aliphatic rings. The van der Waals surface area contributed by atoms with Gasteiger partial charge in [-0.05, 0) is 27.9 Å². The van der Waals surface area contributed by atoms with Gasteiger partial charge in [-0.2, -0.15) is 10.4 Å². The van der Waals surface area contributed by atoms with Gasteiger partial charge in [0, 0.05) is 12.6 Å². The fourth-order valence-corrected chi connectivity index (χ4v) is 2.65. The Morgan fingerprint density at radius 2 is 2.00 bits per heavy atom. The first-order valence-electron chi connectivity index (χ1n) is 5.89. The summed E-state index contributed by atoms with van der Waals surface area (Å²) in [5, 5.41) is 13.1. The summed E-state index contributed by atoms with van der Waals surface area (Å²) >= 11 is 3.44. The smallest absolute Gasteiger partial charge is 0.177 e. The fourth-order valence-electron chi connectivity index (χ4n) is 2.00. The van der Waals surface area contributed by atoms with Crippen molar-refractivity contribution in [1.82, 2.24) is 9.78 Å². The Bertz CT molecular complexity index is 591. The van der Waals surface area contributed by atoms with Crippen molar-refractivity contribution < 1.29 is 0 Å². The van der Waals surface area contributed by atoms with E-state index in [9.17, 15) is 0 Å². The van der Waals surface area contributed by atoms with E-state index in [1.54, 1.807) is 4.68 Å². The summed E-state index contributed by atoms with van der Waals surface area (Å²) in [6.45, 7) is 2.17. The van der Waals surface area contributed by atoms with Gasteiger partial charge in [-0.1, -0.05) is 37.6 Å². The molecule has 0 fully saturated rings. The quantitative estimate of drug-likeness (QED) is 0.868. The lowest BCUT2D eigenvalue weighted by molar-refractivity contribution is 0.771. The highest BCUT2D eigenvalue weighted by atomic mass is 79.9. The van der Waals surface area contributed by atoms with Gasteiger partial charge in [0.1, 0.15) is 6.07 Å². The Kier molecular flexibility index (Phi) is 3.83. The Labute approximate surface area is 115 Å². The molecule has 0 N–H and O–H groups in total. The molecule has 0 atom stereocenters. The SMILES string of the molecule is CCCc1ccc(-c2c(Br)c(C#N)nn2C)cc1. The number of benzene rings is 1. The minimum absolute atomic E-state index is 0.421. The molecule has 3 nitrogen and oxygen atoms in total. The van der Waals surface area contributed by atoms with Crippen molar-refractivity contribution in [1.29, 1.82) is 5.26 Å². The molecule has 18 heavy (non-hydrogen) atoms. The second-order valence-electron chi connectivity index (χ2n) is 4.19. The summed E-state index contributed by atoms with van der Waals surface area (Å²) in [5.74, 6) is 0. The molecule has 0 amide bonds. The largest absolute Gasteiger partial charge is 0.265 e. The Hall–Kier alpha value is -1.60. The number of nitriles is 1. The average Bonchev–Trinajstić information content (AvgIpc) is 2.66. The van der Waals surface area contributed by atoms with Crippen LogP contribution in [-0.4, -0.2) is 9.78 Å². The van der Waals surface area contributed by atoms with E-state index in [1.165, 1.54) is 5.56 Å². The summed E-state index contributed by atoms with van der Waals surface area (Å²) in [4.78, 5) is 0.